The molecule has 1 aromatic carbocycles. The smallest absolute Gasteiger partial charge is 0.211 e. The van der Waals surface area contributed by atoms with Gasteiger partial charge in [0.05, 0.1) is 17.6 Å². The Morgan fingerprint density at radius 1 is 1.20 bits per heavy atom. The minimum atomic E-state index is 0.828. The van der Waals surface area contributed by atoms with Crippen molar-refractivity contribution in [3.8, 4) is 11.3 Å². The summed E-state index contributed by atoms with van der Waals surface area (Å²) >= 11 is 1.59. The number of pyridine rings is 1. The first-order chi connectivity index (χ1) is 12.1. The first-order valence-electron chi connectivity index (χ1n) is 8.36. The van der Waals surface area contributed by atoms with E-state index in [1.54, 1.807) is 23.7 Å². The number of rotatable bonds is 4. The number of hydrogen-bond donors (Lipinski definition) is 0. The summed E-state index contributed by atoms with van der Waals surface area (Å²) in [6.45, 7) is 8.42. The van der Waals surface area contributed by atoms with E-state index < -0.39 is 0 Å². The molecule has 3 aromatic rings. The van der Waals surface area contributed by atoms with Gasteiger partial charge in [-0.3, -0.25) is 4.98 Å². The Morgan fingerprint density at radius 3 is 2.72 bits per heavy atom. The van der Waals surface area contributed by atoms with Crippen molar-refractivity contribution in [2.24, 2.45) is 10.1 Å². The summed E-state index contributed by atoms with van der Waals surface area (Å²) in [6, 6.07) is 10.3. The average molecular weight is 350 g/mol. The molecule has 0 bridgehead atoms. The van der Waals surface area contributed by atoms with Crippen LogP contribution in [0.15, 0.2) is 58.2 Å². The number of hydrogen-bond acceptors (Lipinski definition) is 4. The SMILES string of the molecule is CCC(C)=Nn1c(-c2ccc(C)c(C)c2)csc1=Nc1cccnc1. The van der Waals surface area contributed by atoms with Crippen molar-refractivity contribution in [3.05, 3.63) is 64.0 Å². The Balaban J connectivity index is 2.20. The molecule has 128 valence electrons. The maximum atomic E-state index is 4.79. The fourth-order valence-corrected chi connectivity index (χ4v) is 3.19. The van der Waals surface area contributed by atoms with E-state index in [0.717, 1.165) is 33.9 Å². The van der Waals surface area contributed by atoms with E-state index in [0.29, 0.717) is 0 Å². The number of benzene rings is 1. The molecule has 2 aromatic heterocycles. The van der Waals surface area contributed by atoms with E-state index in [9.17, 15) is 0 Å². The van der Waals surface area contributed by atoms with Crippen molar-refractivity contribution in [1.29, 1.82) is 0 Å². The van der Waals surface area contributed by atoms with Crippen molar-refractivity contribution < 1.29 is 0 Å². The molecule has 0 radical (unpaired) electrons. The zero-order chi connectivity index (χ0) is 17.8. The molecule has 2 heterocycles. The van der Waals surface area contributed by atoms with Crippen LogP contribution in [0.3, 0.4) is 0 Å². The lowest BCUT2D eigenvalue weighted by molar-refractivity contribution is 0.840. The highest BCUT2D eigenvalue weighted by Gasteiger charge is 2.09. The molecule has 0 amide bonds. The van der Waals surface area contributed by atoms with Crippen LogP contribution in [-0.4, -0.2) is 15.4 Å². The molecule has 0 fully saturated rings. The molecule has 0 N–H and O–H groups in total. The maximum Gasteiger partial charge on any atom is 0.211 e. The van der Waals surface area contributed by atoms with Crippen LogP contribution in [0.25, 0.3) is 11.3 Å². The van der Waals surface area contributed by atoms with Gasteiger partial charge in [-0.15, -0.1) is 11.3 Å². The van der Waals surface area contributed by atoms with Gasteiger partial charge in [0.1, 0.15) is 0 Å². The van der Waals surface area contributed by atoms with Crippen LogP contribution in [0.5, 0.6) is 0 Å². The normalized spacial score (nSPS) is 12.6. The second kappa shape index (κ2) is 7.57. The Hall–Kier alpha value is -2.53. The summed E-state index contributed by atoms with van der Waals surface area (Å²) < 4.78 is 1.95. The summed E-state index contributed by atoms with van der Waals surface area (Å²) in [4.78, 5) is 9.71. The summed E-state index contributed by atoms with van der Waals surface area (Å²) in [5.74, 6) is 0. The Morgan fingerprint density at radius 2 is 2.04 bits per heavy atom. The number of aryl methyl sites for hydroxylation is 2. The van der Waals surface area contributed by atoms with Gasteiger partial charge >= 0.3 is 0 Å². The molecule has 0 saturated carbocycles. The highest BCUT2D eigenvalue weighted by Crippen LogP contribution is 2.23. The summed E-state index contributed by atoms with van der Waals surface area (Å²) in [6.07, 6.45) is 4.42. The number of nitrogens with zero attached hydrogens (tertiary/aromatic N) is 4. The predicted molar refractivity (Wildman–Crippen MR) is 105 cm³/mol. The van der Waals surface area contributed by atoms with Crippen LogP contribution in [0, 0.1) is 13.8 Å². The van der Waals surface area contributed by atoms with Crippen LogP contribution < -0.4 is 4.80 Å². The molecule has 0 spiro atoms. The van der Waals surface area contributed by atoms with Gasteiger partial charge in [0.2, 0.25) is 4.80 Å². The van der Waals surface area contributed by atoms with Gasteiger partial charge < -0.3 is 0 Å². The minimum Gasteiger partial charge on any atom is -0.262 e. The molecule has 0 aliphatic rings. The predicted octanol–water partition coefficient (Wildman–Crippen LogP) is 5.09. The summed E-state index contributed by atoms with van der Waals surface area (Å²) in [5.41, 5.74) is 6.67. The molecule has 25 heavy (non-hydrogen) atoms. The minimum absolute atomic E-state index is 0.828. The van der Waals surface area contributed by atoms with E-state index in [1.807, 2.05) is 23.7 Å². The molecular formula is C20H22N4S. The van der Waals surface area contributed by atoms with Crippen molar-refractivity contribution in [3.63, 3.8) is 0 Å². The molecule has 0 atom stereocenters. The van der Waals surface area contributed by atoms with Crippen LogP contribution in [0.4, 0.5) is 5.69 Å². The van der Waals surface area contributed by atoms with Gasteiger partial charge in [-0.1, -0.05) is 19.1 Å². The van der Waals surface area contributed by atoms with Gasteiger partial charge in [0.25, 0.3) is 0 Å². The van der Waals surface area contributed by atoms with Crippen LogP contribution in [0.1, 0.15) is 31.4 Å². The van der Waals surface area contributed by atoms with Crippen molar-refractivity contribution in [2.45, 2.75) is 34.1 Å². The topological polar surface area (TPSA) is 42.5 Å². The largest absolute Gasteiger partial charge is 0.262 e. The van der Waals surface area contributed by atoms with Crippen molar-refractivity contribution in [2.75, 3.05) is 0 Å². The highest BCUT2D eigenvalue weighted by molar-refractivity contribution is 7.07. The van der Waals surface area contributed by atoms with Gasteiger partial charge in [-0.05, 0) is 56.5 Å². The van der Waals surface area contributed by atoms with Crippen LogP contribution in [0.2, 0.25) is 0 Å². The van der Waals surface area contributed by atoms with Crippen LogP contribution in [-0.2, 0) is 0 Å². The molecule has 0 aliphatic carbocycles. The van der Waals surface area contributed by atoms with Gasteiger partial charge in [0.15, 0.2) is 0 Å². The highest BCUT2D eigenvalue weighted by atomic mass is 32.1. The average Bonchev–Trinajstić information content (AvgIpc) is 3.00. The third kappa shape index (κ3) is 3.94. The lowest BCUT2D eigenvalue weighted by Crippen LogP contribution is -2.13. The Kier molecular flexibility index (Phi) is 5.24. The standard InChI is InChI=1S/C20H22N4S/c1-5-16(4)23-24-19(17-9-8-14(2)15(3)11-17)13-25-20(24)22-18-7-6-10-21-12-18/h6-13H,5H2,1-4H3. The Bertz CT molecular complexity index is 965. The van der Waals surface area contributed by atoms with E-state index in [2.05, 4.69) is 49.3 Å². The van der Waals surface area contributed by atoms with Crippen molar-refractivity contribution >= 4 is 22.7 Å². The monoisotopic (exact) mass is 350 g/mol. The fourth-order valence-electron chi connectivity index (χ4n) is 2.34. The first kappa shape index (κ1) is 17.3. The third-order valence-electron chi connectivity index (χ3n) is 4.14. The van der Waals surface area contributed by atoms with E-state index in [1.165, 1.54) is 11.1 Å². The van der Waals surface area contributed by atoms with E-state index in [-0.39, 0.29) is 0 Å². The summed E-state index contributed by atoms with van der Waals surface area (Å²) in [5, 5.41) is 6.91. The fraction of sp³-hybridized carbons (Fsp3) is 0.250. The maximum absolute atomic E-state index is 4.79. The molecule has 0 saturated heterocycles. The van der Waals surface area contributed by atoms with Crippen LogP contribution >= 0.6 is 11.3 Å². The van der Waals surface area contributed by atoms with E-state index >= 15 is 0 Å². The quantitative estimate of drug-likeness (QED) is 0.604. The summed E-state index contributed by atoms with van der Waals surface area (Å²) in [7, 11) is 0. The first-order valence-corrected chi connectivity index (χ1v) is 9.24. The van der Waals surface area contributed by atoms with E-state index in [4.69, 9.17) is 10.1 Å². The number of thiazole rings is 1. The third-order valence-corrected chi connectivity index (χ3v) is 4.96. The lowest BCUT2D eigenvalue weighted by atomic mass is 10.1. The lowest BCUT2D eigenvalue weighted by Gasteiger charge is -2.07. The molecule has 5 heteroatoms. The zero-order valence-electron chi connectivity index (χ0n) is 15.0. The second-order valence-corrected chi connectivity index (χ2v) is 6.86. The van der Waals surface area contributed by atoms with Gasteiger partial charge in [0, 0.05) is 22.9 Å². The zero-order valence-corrected chi connectivity index (χ0v) is 15.8. The molecule has 0 aliphatic heterocycles. The van der Waals surface area contributed by atoms with Gasteiger partial charge in [-0.25, -0.2) is 9.67 Å². The van der Waals surface area contributed by atoms with Gasteiger partial charge in [-0.2, -0.15) is 5.10 Å². The van der Waals surface area contributed by atoms with Crippen molar-refractivity contribution in [1.82, 2.24) is 9.66 Å². The molecule has 0 unspecified atom stereocenters. The molecular weight excluding hydrogens is 328 g/mol. The molecule has 4 nitrogen and oxygen atoms in total. The number of aromatic nitrogens is 2. The molecule has 3 rings (SSSR count). The second-order valence-electron chi connectivity index (χ2n) is 6.03. The Labute approximate surface area is 152 Å².